The van der Waals surface area contributed by atoms with Gasteiger partial charge in [-0.2, -0.15) is 5.10 Å². The van der Waals surface area contributed by atoms with Gasteiger partial charge in [-0.15, -0.1) is 0 Å². The average molecular weight is 250 g/mol. The Bertz CT molecular complexity index is 436. The number of amides is 1. The van der Waals surface area contributed by atoms with Crippen LogP contribution in [0.15, 0.2) is 6.07 Å². The third kappa shape index (κ3) is 2.41. The summed E-state index contributed by atoms with van der Waals surface area (Å²) in [7, 11) is 1.85. The summed E-state index contributed by atoms with van der Waals surface area (Å²) in [6, 6.07) is 2.01. The molecule has 0 bridgehead atoms. The molecule has 0 aromatic carbocycles. The van der Waals surface area contributed by atoms with Crippen LogP contribution in [0.3, 0.4) is 0 Å². The Hall–Kier alpha value is -1.36. The largest absolute Gasteiger partial charge is 0.336 e. The van der Waals surface area contributed by atoms with Crippen molar-refractivity contribution in [2.45, 2.75) is 39.3 Å². The Morgan fingerprint density at radius 3 is 2.83 bits per heavy atom. The van der Waals surface area contributed by atoms with Crippen molar-refractivity contribution < 1.29 is 4.79 Å². The van der Waals surface area contributed by atoms with Gasteiger partial charge in [-0.05, 0) is 38.7 Å². The van der Waals surface area contributed by atoms with E-state index >= 15 is 0 Å². The molecule has 1 aliphatic carbocycles. The van der Waals surface area contributed by atoms with Crippen molar-refractivity contribution >= 4 is 5.91 Å². The maximum atomic E-state index is 12.5. The normalized spacial score (nSPS) is 16.7. The van der Waals surface area contributed by atoms with E-state index in [0.717, 1.165) is 5.69 Å². The van der Waals surface area contributed by atoms with E-state index < -0.39 is 0 Å². The molecule has 1 aromatic heterocycles. The minimum absolute atomic E-state index is 0.0276. The molecule has 18 heavy (non-hydrogen) atoms. The van der Waals surface area contributed by atoms with Gasteiger partial charge in [0.25, 0.3) is 5.91 Å². The molecule has 2 N–H and O–H groups in total. The molecule has 0 spiro atoms. The Kier molecular flexibility index (Phi) is 3.71. The van der Waals surface area contributed by atoms with Gasteiger partial charge in [0.1, 0.15) is 5.69 Å². The number of rotatable bonds is 5. The number of carbonyl (C=O) groups is 1. The van der Waals surface area contributed by atoms with Crippen molar-refractivity contribution in [3.63, 3.8) is 0 Å². The van der Waals surface area contributed by atoms with Crippen LogP contribution in [0, 0.1) is 12.8 Å². The quantitative estimate of drug-likeness (QED) is 0.848. The minimum atomic E-state index is 0.0276. The molecule has 2 rings (SSSR count). The number of hydrogen-bond donors (Lipinski definition) is 1. The van der Waals surface area contributed by atoms with Crippen LogP contribution in [0.25, 0.3) is 0 Å². The molecule has 1 fully saturated rings. The molecule has 0 saturated heterocycles. The lowest BCUT2D eigenvalue weighted by Gasteiger charge is -2.27. The molecular formula is C13H22N4O. The number of likely N-dealkylation sites (N-methyl/N-ethyl adjacent to an activating group) is 1. The lowest BCUT2D eigenvalue weighted by Crippen LogP contribution is -2.43. The van der Waals surface area contributed by atoms with E-state index in [-0.39, 0.29) is 11.9 Å². The van der Waals surface area contributed by atoms with Crippen molar-refractivity contribution in [2.75, 3.05) is 13.6 Å². The van der Waals surface area contributed by atoms with Gasteiger partial charge in [-0.3, -0.25) is 9.48 Å². The van der Waals surface area contributed by atoms with Gasteiger partial charge in [0.15, 0.2) is 0 Å². The van der Waals surface area contributed by atoms with Crippen LogP contribution in [0.5, 0.6) is 0 Å². The van der Waals surface area contributed by atoms with Gasteiger partial charge < -0.3 is 10.6 Å². The van der Waals surface area contributed by atoms with Gasteiger partial charge in [0, 0.05) is 26.2 Å². The predicted octanol–water partition coefficient (Wildman–Crippen LogP) is 1.02. The molecule has 1 heterocycles. The fourth-order valence-corrected chi connectivity index (χ4v) is 2.44. The maximum absolute atomic E-state index is 12.5. The van der Waals surface area contributed by atoms with E-state index in [4.69, 9.17) is 5.73 Å². The van der Waals surface area contributed by atoms with Gasteiger partial charge in [-0.25, -0.2) is 0 Å². The van der Waals surface area contributed by atoms with E-state index in [1.807, 2.05) is 27.0 Å². The fraction of sp³-hybridized carbons (Fsp3) is 0.692. The van der Waals surface area contributed by atoms with Crippen LogP contribution in [-0.2, 0) is 6.54 Å². The van der Waals surface area contributed by atoms with Crippen LogP contribution >= 0.6 is 0 Å². The smallest absolute Gasteiger partial charge is 0.272 e. The van der Waals surface area contributed by atoms with E-state index in [0.29, 0.717) is 24.7 Å². The first-order valence-corrected chi connectivity index (χ1v) is 6.60. The second-order valence-electron chi connectivity index (χ2n) is 5.04. The molecule has 1 atom stereocenters. The van der Waals surface area contributed by atoms with E-state index in [2.05, 4.69) is 5.10 Å². The molecule has 0 aliphatic heterocycles. The second-order valence-corrected chi connectivity index (χ2v) is 5.04. The van der Waals surface area contributed by atoms with Gasteiger partial charge in [0.05, 0.1) is 5.69 Å². The second kappa shape index (κ2) is 5.10. The highest BCUT2D eigenvalue weighted by Crippen LogP contribution is 2.34. The number of nitrogens with two attached hydrogens (primary N) is 1. The molecule has 1 aliphatic rings. The van der Waals surface area contributed by atoms with E-state index in [1.165, 1.54) is 12.8 Å². The van der Waals surface area contributed by atoms with Gasteiger partial charge in [-0.1, -0.05) is 0 Å². The summed E-state index contributed by atoms with van der Waals surface area (Å²) >= 11 is 0. The number of hydrogen-bond acceptors (Lipinski definition) is 3. The highest BCUT2D eigenvalue weighted by molar-refractivity contribution is 5.92. The molecule has 1 aromatic rings. The topological polar surface area (TPSA) is 64.2 Å². The Morgan fingerprint density at radius 1 is 1.67 bits per heavy atom. The Morgan fingerprint density at radius 2 is 2.33 bits per heavy atom. The SMILES string of the molecule is CCn1nc(C)cc1C(=O)N(C)C(CN)C1CC1. The lowest BCUT2D eigenvalue weighted by atomic mass is 10.1. The van der Waals surface area contributed by atoms with E-state index in [9.17, 15) is 4.79 Å². The van der Waals surface area contributed by atoms with Crippen molar-refractivity contribution in [1.82, 2.24) is 14.7 Å². The van der Waals surface area contributed by atoms with Crippen LogP contribution < -0.4 is 5.73 Å². The first-order chi connectivity index (χ1) is 8.58. The summed E-state index contributed by atoms with van der Waals surface area (Å²) in [5.41, 5.74) is 7.33. The number of carbonyl (C=O) groups excluding carboxylic acids is 1. The van der Waals surface area contributed by atoms with Gasteiger partial charge in [0.2, 0.25) is 0 Å². The lowest BCUT2D eigenvalue weighted by molar-refractivity contribution is 0.0706. The maximum Gasteiger partial charge on any atom is 0.272 e. The summed E-state index contributed by atoms with van der Waals surface area (Å²) in [5.74, 6) is 0.614. The highest BCUT2D eigenvalue weighted by Gasteiger charge is 2.35. The zero-order valence-electron chi connectivity index (χ0n) is 11.4. The van der Waals surface area contributed by atoms with Crippen LogP contribution in [0.2, 0.25) is 0 Å². The highest BCUT2D eigenvalue weighted by atomic mass is 16.2. The summed E-state index contributed by atoms with van der Waals surface area (Å²) < 4.78 is 1.76. The summed E-state index contributed by atoms with van der Waals surface area (Å²) in [5, 5.41) is 4.32. The monoisotopic (exact) mass is 250 g/mol. The van der Waals surface area contributed by atoms with Crippen molar-refractivity contribution in [3.05, 3.63) is 17.5 Å². The molecule has 1 amide bonds. The summed E-state index contributed by atoms with van der Waals surface area (Å²) in [6.45, 7) is 5.14. The molecule has 1 saturated carbocycles. The van der Waals surface area contributed by atoms with Crippen molar-refractivity contribution in [2.24, 2.45) is 11.7 Å². The summed E-state index contributed by atoms with van der Waals surface area (Å²) in [4.78, 5) is 14.3. The van der Waals surface area contributed by atoms with Crippen molar-refractivity contribution in [3.8, 4) is 0 Å². The zero-order chi connectivity index (χ0) is 13.3. The molecule has 1 unspecified atom stereocenters. The third-order valence-corrected chi connectivity index (χ3v) is 3.65. The zero-order valence-corrected chi connectivity index (χ0v) is 11.4. The number of nitrogens with zero attached hydrogens (tertiary/aromatic N) is 3. The predicted molar refractivity (Wildman–Crippen MR) is 70.3 cm³/mol. The summed E-state index contributed by atoms with van der Waals surface area (Å²) in [6.07, 6.45) is 2.37. The van der Waals surface area contributed by atoms with Crippen LogP contribution in [0.4, 0.5) is 0 Å². The molecular weight excluding hydrogens is 228 g/mol. The van der Waals surface area contributed by atoms with Crippen molar-refractivity contribution in [1.29, 1.82) is 0 Å². The van der Waals surface area contributed by atoms with Gasteiger partial charge >= 0.3 is 0 Å². The third-order valence-electron chi connectivity index (χ3n) is 3.65. The number of aromatic nitrogens is 2. The Labute approximate surface area is 108 Å². The minimum Gasteiger partial charge on any atom is -0.336 e. The molecule has 100 valence electrons. The van der Waals surface area contributed by atoms with E-state index in [1.54, 1.807) is 9.58 Å². The number of aryl methyl sites for hydroxylation is 2. The first-order valence-electron chi connectivity index (χ1n) is 6.60. The average Bonchev–Trinajstić information content (AvgIpc) is 3.11. The first kappa shape index (κ1) is 13.1. The Balaban J connectivity index is 2.18. The van der Waals surface area contributed by atoms with Crippen LogP contribution in [0.1, 0.15) is 35.9 Å². The molecule has 5 nitrogen and oxygen atoms in total. The molecule has 5 heteroatoms. The van der Waals surface area contributed by atoms with Crippen LogP contribution in [-0.4, -0.2) is 40.2 Å². The fourth-order valence-electron chi connectivity index (χ4n) is 2.44. The standard InChI is InChI=1S/C13H22N4O/c1-4-17-11(7-9(2)15-17)13(18)16(3)12(8-14)10-5-6-10/h7,10,12H,4-6,8,14H2,1-3H3. The molecule has 0 radical (unpaired) electrons.